The van der Waals surface area contributed by atoms with Gasteiger partial charge in [-0.05, 0) is 28.7 Å². The Bertz CT molecular complexity index is 1110. The summed E-state index contributed by atoms with van der Waals surface area (Å²) >= 11 is 0. The number of fused-ring (bicyclic) bond motifs is 3. The van der Waals surface area contributed by atoms with Gasteiger partial charge in [-0.1, -0.05) is 48.5 Å². The number of hydrogen-bond acceptors (Lipinski definition) is 5. The monoisotopic (exact) mass is 427 g/mol. The fourth-order valence-corrected chi connectivity index (χ4v) is 7.45. The Morgan fingerprint density at radius 1 is 1.03 bits per heavy atom. The van der Waals surface area contributed by atoms with Gasteiger partial charge in [0, 0.05) is 19.0 Å². The minimum Gasteiger partial charge on any atom is -0.481 e. The number of ether oxygens (including phenoxy) is 1. The first-order chi connectivity index (χ1) is 14.3. The Morgan fingerprint density at radius 3 is 2.17 bits per heavy atom. The van der Waals surface area contributed by atoms with Gasteiger partial charge in [-0.3, -0.25) is 4.79 Å². The second-order valence-corrected chi connectivity index (χ2v) is 10.7. The molecule has 2 heterocycles. The van der Waals surface area contributed by atoms with Crippen molar-refractivity contribution in [2.45, 2.75) is 17.1 Å². The van der Waals surface area contributed by atoms with E-state index in [1.54, 1.807) is 0 Å². The van der Waals surface area contributed by atoms with Gasteiger partial charge in [0.05, 0.1) is 11.7 Å². The van der Waals surface area contributed by atoms with Crippen molar-refractivity contribution in [2.24, 2.45) is 5.92 Å². The third kappa shape index (κ3) is 2.59. The number of sulfone groups is 1. The molecule has 2 fully saturated rings. The topological polar surface area (TPSA) is 101 Å². The molecule has 0 saturated carbocycles. The smallest absolute Gasteiger partial charge is 0.409 e. The molecule has 0 bridgehead atoms. The lowest BCUT2D eigenvalue weighted by Gasteiger charge is -2.47. The van der Waals surface area contributed by atoms with Gasteiger partial charge < -0.3 is 14.7 Å². The fourth-order valence-electron chi connectivity index (χ4n) is 5.14. The van der Waals surface area contributed by atoms with Crippen LogP contribution in [0.5, 0.6) is 0 Å². The molecule has 2 aromatic rings. The Morgan fingerprint density at radius 2 is 1.60 bits per heavy atom. The zero-order valence-electron chi connectivity index (χ0n) is 16.2. The number of benzene rings is 2. The van der Waals surface area contributed by atoms with Crippen LogP contribution in [0.15, 0.2) is 48.5 Å². The van der Waals surface area contributed by atoms with E-state index in [0.29, 0.717) is 0 Å². The van der Waals surface area contributed by atoms with Crippen LogP contribution in [0, 0.1) is 5.92 Å². The van der Waals surface area contributed by atoms with Crippen LogP contribution >= 0.6 is 0 Å². The standard InChI is InChI=1S/C22H21NO6S/c24-20(25)19-9-10-30(27,28)22(19)12-23(13-22)21(26)29-11-18-16-7-3-1-5-14(16)15-6-2-4-8-17(15)18/h1-8,18-19H,9-13H2,(H,24,25). The molecular weight excluding hydrogens is 406 g/mol. The molecule has 2 aromatic carbocycles. The minimum absolute atomic E-state index is 0.0847. The summed E-state index contributed by atoms with van der Waals surface area (Å²) in [7, 11) is -3.55. The molecular formula is C22H21NO6S. The van der Waals surface area contributed by atoms with Crippen LogP contribution in [0.2, 0.25) is 0 Å². The maximum Gasteiger partial charge on any atom is 0.409 e. The van der Waals surface area contributed by atoms with Crippen molar-refractivity contribution < 1.29 is 27.9 Å². The molecule has 1 atom stereocenters. The summed E-state index contributed by atoms with van der Waals surface area (Å²) in [5.41, 5.74) is 4.43. The van der Waals surface area contributed by atoms with Crippen LogP contribution in [0.3, 0.4) is 0 Å². The Labute approximate surface area is 174 Å². The van der Waals surface area contributed by atoms with Gasteiger partial charge in [-0.15, -0.1) is 0 Å². The van der Waals surface area contributed by atoms with E-state index in [2.05, 4.69) is 0 Å². The maximum atomic E-state index is 12.6. The molecule has 0 aromatic heterocycles. The lowest BCUT2D eigenvalue weighted by Crippen LogP contribution is -2.69. The highest BCUT2D eigenvalue weighted by molar-refractivity contribution is 7.93. The van der Waals surface area contributed by atoms with Gasteiger partial charge in [-0.25, -0.2) is 13.2 Å². The van der Waals surface area contributed by atoms with Gasteiger partial charge in [0.1, 0.15) is 11.4 Å². The normalized spacial score (nSPS) is 22.9. The molecule has 156 valence electrons. The number of likely N-dealkylation sites (tertiary alicyclic amines) is 1. The van der Waals surface area contributed by atoms with E-state index in [9.17, 15) is 23.1 Å². The summed E-state index contributed by atoms with van der Waals surface area (Å²) < 4.78 is 29.1. The Kier molecular flexibility index (Phi) is 4.18. The highest BCUT2D eigenvalue weighted by atomic mass is 32.2. The molecule has 1 N–H and O–H groups in total. The molecule has 30 heavy (non-hydrogen) atoms. The number of hydrogen-bond donors (Lipinski definition) is 1. The molecule has 7 nitrogen and oxygen atoms in total. The van der Waals surface area contributed by atoms with E-state index in [1.165, 1.54) is 4.90 Å². The van der Waals surface area contributed by atoms with Gasteiger partial charge in [-0.2, -0.15) is 0 Å². The molecule has 2 saturated heterocycles. The van der Waals surface area contributed by atoms with E-state index in [-0.39, 0.29) is 37.8 Å². The van der Waals surface area contributed by atoms with Gasteiger partial charge in [0.2, 0.25) is 0 Å². The van der Waals surface area contributed by atoms with Gasteiger partial charge in [0.15, 0.2) is 9.84 Å². The highest BCUT2D eigenvalue weighted by Gasteiger charge is 2.65. The van der Waals surface area contributed by atoms with Crippen molar-refractivity contribution in [3.63, 3.8) is 0 Å². The van der Waals surface area contributed by atoms with Crippen molar-refractivity contribution in [1.82, 2.24) is 4.90 Å². The predicted molar refractivity (Wildman–Crippen MR) is 109 cm³/mol. The van der Waals surface area contributed by atoms with Crippen LogP contribution in [-0.4, -0.2) is 60.7 Å². The van der Waals surface area contributed by atoms with Crippen LogP contribution in [0.4, 0.5) is 4.79 Å². The SMILES string of the molecule is O=C(O)C1CCS(=O)(=O)C12CN(C(=O)OCC1c3ccccc3-c3ccccc31)C2. The van der Waals surface area contributed by atoms with Gasteiger partial charge in [0.25, 0.3) is 0 Å². The average Bonchev–Trinajstić information content (AvgIpc) is 3.16. The molecule has 0 radical (unpaired) electrons. The lowest BCUT2D eigenvalue weighted by molar-refractivity contribution is -0.144. The number of carboxylic acids is 1. The van der Waals surface area contributed by atoms with Crippen molar-refractivity contribution in [2.75, 3.05) is 25.4 Å². The minimum atomic E-state index is -3.55. The quantitative estimate of drug-likeness (QED) is 0.808. The second kappa shape index (κ2) is 6.57. The number of amides is 1. The number of carbonyl (C=O) groups excluding carboxylic acids is 1. The molecule has 5 rings (SSSR count). The largest absolute Gasteiger partial charge is 0.481 e. The van der Waals surface area contributed by atoms with Gasteiger partial charge >= 0.3 is 12.1 Å². The number of carbonyl (C=O) groups is 2. The predicted octanol–water partition coefficient (Wildman–Crippen LogP) is 2.51. The van der Waals surface area contributed by atoms with E-state index >= 15 is 0 Å². The van der Waals surface area contributed by atoms with Crippen LogP contribution in [0.1, 0.15) is 23.5 Å². The van der Waals surface area contributed by atoms with Crippen LogP contribution in [-0.2, 0) is 19.4 Å². The summed E-state index contributed by atoms with van der Waals surface area (Å²) in [6, 6.07) is 16.0. The summed E-state index contributed by atoms with van der Waals surface area (Å²) in [5.74, 6) is -2.33. The van der Waals surface area contributed by atoms with Crippen LogP contribution < -0.4 is 0 Å². The van der Waals surface area contributed by atoms with Crippen molar-refractivity contribution >= 4 is 21.9 Å². The van der Waals surface area contributed by atoms with Crippen LogP contribution in [0.25, 0.3) is 11.1 Å². The molecule has 1 unspecified atom stereocenters. The Hall–Kier alpha value is -2.87. The summed E-state index contributed by atoms with van der Waals surface area (Å²) in [4.78, 5) is 25.4. The second-order valence-electron chi connectivity index (χ2n) is 8.22. The zero-order chi connectivity index (χ0) is 21.1. The molecule has 8 heteroatoms. The average molecular weight is 427 g/mol. The zero-order valence-corrected chi connectivity index (χ0v) is 17.0. The van der Waals surface area contributed by atoms with E-state index in [1.807, 2.05) is 48.5 Å². The molecule has 1 aliphatic carbocycles. The number of nitrogens with zero attached hydrogens (tertiary/aromatic N) is 1. The number of aliphatic carboxylic acids is 1. The summed E-state index contributed by atoms with van der Waals surface area (Å²) in [6.45, 7) is -0.0998. The first-order valence-corrected chi connectivity index (χ1v) is 11.5. The maximum absolute atomic E-state index is 12.6. The first kappa shape index (κ1) is 19.1. The first-order valence-electron chi connectivity index (χ1n) is 9.89. The molecule has 3 aliphatic rings. The highest BCUT2D eigenvalue weighted by Crippen LogP contribution is 2.46. The van der Waals surface area contributed by atoms with E-state index in [4.69, 9.17) is 4.74 Å². The van der Waals surface area contributed by atoms with Crippen molar-refractivity contribution in [3.8, 4) is 11.1 Å². The molecule has 1 amide bonds. The Balaban J connectivity index is 1.30. The summed E-state index contributed by atoms with van der Waals surface area (Å²) in [5, 5.41) is 9.40. The fraction of sp³-hybridized carbons (Fsp3) is 0.364. The molecule has 2 aliphatic heterocycles. The number of rotatable bonds is 3. The third-order valence-electron chi connectivity index (χ3n) is 6.74. The van der Waals surface area contributed by atoms with E-state index in [0.717, 1.165) is 22.3 Å². The summed E-state index contributed by atoms with van der Waals surface area (Å²) in [6.07, 6.45) is -0.510. The van der Waals surface area contributed by atoms with Crippen molar-refractivity contribution in [1.29, 1.82) is 0 Å². The lowest BCUT2D eigenvalue weighted by atomic mass is 9.83. The third-order valence-corrected chi connectivity index (χ3v) is 9.29. The molecule has 1 spiro atoms. The van der Waals surface area contributed by atoms with E-state index < -0.39 is 32.6 Å². The number of carboxylic acid groups (broad SMARTS) is 1. The van der Waals surface area contributed by atoms with Crippen molar-refractivity contribution in [3.05, 3.63) is 59.7 Å².